The number of rotatable bonds is 3. The number of halogens is 5. The van der Waals surface area contributed by atoms with Gasteiger partial charge in [0.1, 0.15) is 11.8 Å². The second-order valence-electron chi connectivity index (χ2n) is 3.17. The van der Waals surface area contributed by atoms with Crippen LogP contribution in [0.2, 0.25) is 0 Å². The molecule has 0 aliphatic carbocycles. The van der Waals surface area contributed by atoms with E-state index in [9.17, 15) is 22.0 Å². The van der Waals surface area contributed by atoms with Crippen molar-refractivity contribution < 1.29 is 26.7 Å². The summed E-state index contributed by atoms with van der Waals surface area (Å²) in [5.41, 5.74) is -2.61. The molecule has 1 rings (SSSR count). The Morgan fingerprint density at radius 3 is 2.37 bits per heavy atom. The van der Waals surface area contributed by atoms with Gasteiger partial charge in [-0.2, -0.15) is 10.5 Å². The van der Waals surface area contributed by atoms with E-state index < -0.39 is 41.8 Å². The Labute approximate surface area is 103 Å². The summed E-state index contributed by atoms with van der Waals surface area (Å²) in [7, 11) is 0. The molecular formula is C10H4F5N3O. The van der Waals surface area contributed by atoms with E-state index >= 15 is 0 Å². The summed E-state index contributed by atoms with van der Waals surface area (Å²) in [5, 5.41) is 17.0. The van der Waals surface area contributed by atoms with E-state index in [1.54, 1.807) is 0 Å². The SMILES string of the molecule is N#CCc1cnc(C#N)c(C(F)F)c1OC(F)(F)F. The zero-order valence-electron chi connectivity index (χ0n) is 9.00. The smallest absolute Gasteiger partial charge is 0.405 e. The highest BCUT2D eigenvalue weighted by Gasteiger charge is 2.36. The number of hydrogen-bond acceptors (Lipinski definition) is 4. The molecule has 0 aliphatic rings. The third-order valence-corrected chi connectivity index (χ3v) is 1.95. The molecule has 1 aromatic heterocycles. The second-order valence-corrected chi connectivity index (χ2v) is 3.17. The summed E-state index contributed by atoms with van der Waals surface area (Å²) < 4.78 is 65.6. The Morgan fingerprint density at radius 2 is 1.95 bits per heavy atom. The van der Waals surface area contributed by atoms with Crippen LogP contribution in [0.1, 0.15) is 23.2 Å². The molecular weight excluding hydrogens is 273 g/mol. The Bertz CT molecular complexity index is 556. The lowest BCUT2D eigenvalue weighted by atomic mass is 10.1. The molecule has 9 heteroatoms. The summed E-state index contributed by atoms with van der Waals surface area (Å²) >= 11 is 0. The maximum Gasteiger partial charge on any atom is 0.573 e. The first-order valence-electron chi connectivity index (χ1n) is 4.63. The summed E-state index contributed by atoms with van der Waals surface area (Å²) in [5.74, 6) is -1.24. The molecule has 0 atom stereocenters. The van der Waals surface area contributed by atoms with Crippen LogP contribution in [0.3, 0.4) is 0 Å². The molecule has 0 N–H and O–H groups in total. The maximum absolute atomic E-state index is 12.7. The molecule has 0 radical (unpaired) electrons. The number of pyridine rings is 1. The number of hydrogen-bond donors (Lipinski definition) is 0. The lowest BCUT2D eigenvalue weighted by molar-refractivity contribution is -0.275. The van der Waals surface area contributed by atoms with Gasteiger partial charge >= 0.3 is 6.36 Å². The first-order chi connectivity index (χ1) is 8.80. The van der Waals surface area contributed by atoms with E-state index in [2.05, 4.69) is 9.72 Å². The minimum absolute atomic E-state index is 0.464. The van der Waals surface area contributed by atoms with Gasteiger partial charge in [0.05, 0.1) is 18.1 Å². The van der Waals surface area contributed by atoms with Crippen molar-refractivity contribution in [2.45, 2.75) is 19.2 Å². The van der Waals surface area contributed by atoms with Crippen molar-refractivity contribution in [3.8, 4) is 17.9 Å². The Hall–Kier alpha value is -2.42. The van der Waals surface area contributed by atoms with Crippen LogP contribution in [0.15, 0.2) is 6.20 Å². The highest BCUT2D eigenvalue weighted by molar-refractivity contribution is 5.48. The minimum atomic E-state index is -5.22. The molecule has 0 saturated heterocycles. The predicted octanol–water partition coefficient (Wildman–Crippen LogP) is 2.86. The van der Waals surface area contributed by atoms with Crippen molar-refractivity contribution in [3.63, 3.8) is 0 Å². The molecule has 19 heavy (non-hydrogen) atoms. The standard InChI is InChI=1S/C10H4F5N3O/c11-9(12)7-6(3-17)18-4-5(1-2-16)8(7)19-10(13,14)15/h4,9H,1H2. The monoisotopic (exact) mass is 277 g/mol. The molecule has 100 valence electrons. The fraction of sp³-hybridized carbons (Fsp3) is 0.300. The van der Waals surface area contributed by atoms with Crippen LogP contribution in [0.4, 0.5) is 22.0 Å². The Morgan fingerprint density at radius 1 is 1.32 bits per heavy atom. The summed E-state index contributed by atoms with van der Waals surface area (Å²) in [6, 6.07) is 2.75. The second kappa shape index (κ2) is 5.48. The predicted molar refractivity (Wildman–Crippen MR) is 49.9 cm³/mol. The molecule has 0 aliphatic heterocycles. The van der Waals surface area contributed by atoms with Gasteiger partial charge in [0.25, 0.3) is 6.43 Å². The Balaban J connectivity index is 3.51. The first kappa shape index (κ1) is 14.6. The number of nitriles is 2. The molecule has 4 nitrogen and oxygen atoms in total. The van der Waals surface area contributed by atoms with Crippen LogP contribution in [0.5, 0.6) is 5.75 Å². The molecule has 0 fully saturated rings. The molecule has 0 aromatic carbocycles. The minimum Gasteiger partial charge on any atom is -0.405 e. The fourth-order valence-electron chi connectivity index (χ4n) is 1.29. The third-order valence-electron chi connectivity index (χ3n) is 1.95. The lowest BCUT2D eigenvalue weighted by Gasteiger charge is -2.16. The zero-order chi connectivity index (χ0) is 14.6. The quantitative estimate of drug-likeness (QED) is 0.796. The highest BCUT2D eigenvalue weighted by Crippen LogP contribution is 2.37. The van der Waals surface area contributed by atoms with Gasteiger partial charge in [0.15, 0.2) is 5.69 Å². The topological polar surface area (TPSA) is 69.7 Å². The third kappa shape index (κ3) is 3.52. The van der Waals surface area contributed by atoms with Crippen LogP contribution in [-0.4, -0.2) is 11.3 Å². The van der Waals surface area contributed by atoms with Gasteiger partial charge in [-0.3, -0.25) is 0 Å². The summed E-state index contributed by atoms with van der Waals surface area (Å²) in [6.07, 6.45) is -8.49. The van der Waals surface area contributed by atoms with Crippen LogP contribution in [0.25, 0.3) is 0 Å². The number of ether oxygens (including phenoxy) is 1. The molecule has 0 spiro atoms. The number of aromatic nitrogens is 1. The van der Waals surface area contributed by atoms with E-state index in [0.29, 0.717) is 0 Å². The molecule has 0 bridgehead atoms. The molecule has 0 amide bonds. The average molecular weight is 277 g/mol. The maximum atomic E-state index is 12.7. The number of alkyl halides is 5. The van der Waals surface area contributed by atoms with Crippen LogP contribution < -0.4 is 4.74 Å². The molecule has 0 unspecified atom stereocenters. The van der Waals surface area contributed by atoms with E-state index in [-0.39, 0.29) is 0 Å². The molecule has 1 aromatic rings. The fourth-order valence-corrected chi connectivity index (χ4v) is 1.29. The van der Waals surface area contributed by atoms with Gasteiger partial charge in [0, 0.05) is 11.8 Å². The van der Waals surface area contributed by atoms with Crippen molar-refractivity contribution in [1.82, 2.24) is 4.98 Å². The van der Waals surface area contributed by atoms with E-state index in [0.717, 1.165) is 6.20 Å². The molecule has 1 heterocycles. The van der Waals surface area contributed by atoms with E-state index in [1.807, 2.05) is 0 Å². The lowest BCUT2D eigenvalue weighted by Crippen LogP contribution is -2.20. The van der Waals surface area contributed by atoms with Gasteiger partial charge in [-0.25, -0.2) is 13.8 Å². The zero-order valence-corrected chi connectivity index (χ0v) is 9.00. The summed E-state index contributed by atoms with van der Waals surface area (Å²) in [6.45, 7) is 0. The van der Waals surface area contributed by atoms with Crippen LogP contribution in [-0.2, 0) is 6.42 Å². The van der Waals surface area contributed by atoms with Crippen LogP contribution >= 0.6 is 0 Å². The first-order valence-corrected chi connectivity index (χ1v) is 4.63. The Kier molecular flexibility index (Phi) is 4.22. The van der Waals surface area contributed by atoms with Crippen molar-refractivity contribution >= 4 is 0 Å². The average Bonchev–Trinajstić information content (AvgIpc) is 2.28. The van der Waals surface area contributed by atoms with Crippen molar-refractivity contribution in [2.75, 3.05) is 0 Å². The van der Waals surface area contributed by atoms with Gasteiger partial charge in [-0.05, 0) is 0 Å². The number of nitrogens with zero attached hydrogens (tertiary/aromatic N) is 3. The van der Waals surface area contributed by atoms with Gasteiger partial charge in [0.2, 0.25) is 0 Å². The van der Waals surface area contributed by atoms with Crippen LogP contribution in [0, 0.1) is 22.7 Å². The van der Waals surface area contributed by atoms with E-state index in [4.69, 9.17) is 10.5 Å². The molecule has 0 saturated carbocycles. The largest absolute Gasteiger partial charge is 0.573 e. The van der Waals surface area contributed by atoms with E-state index in [1.165, 1.54) is 12.1 Å². The van der Waals surface area contributed by atoms with Gasteiger partial charge < -0.3 is 4.74 Å². The van der Waals surface area contributed by atoms with Crippen molar-refractivity contribution in [2.24, 2.45) is 0 Å². The van der Waals surface area contributed by atoms with Crippen molar-refractivity contribution in [1.29, 1.82) is 10.5 Å². The summed E-state index contributed by atoms with van der Waals surface area (Å²) in [4.78, 5) is 3.29. The van der Waals surface area contributed by atoms with Crippen molar-refractivity contribution in [3.05, 3.63) is 23.0 Å². The normalized spacial score (nSPS) is 10.9. The van der Waals surface area contributed by atoms with Gasteiger partial charge in [-0.1, -0.05) is 0 Å². The highest BCUT2D eigenvalue weighted by atomic mass is 19.4. The van der Waals surface area contributed by atoms with Gasteiger partial charge in [-0.15, -0.1) is 13.2 Å².